The number of hydrogen-bond acceptors (Lipinski definition) is 4. The summed E-state index contributed by atoms with van der Waals surface area (Å²) in [6.07, 6.45) is -2.75. The molecule has 1 rings (SSSR count). The second kappa shape index (κ2) is 5.48. The molecule has 0 aliphatic heterocycles. The zero-order valence-electron chi connectivity index (χ0n) is 10.6. The van der Waals surface area contributed by atoms with Crippen molar-refractivity contribution in [3.05, 3.63) is 34.4 Å². The Morgan fingerprint density at radius 1 is 0.944 bits per heavy atom. The van der Waals surface area contributed by atoms with E-state index in [0.29, 0.717) is 16.7 Å². The Morgan fingerprint density at radius 3 is 1.56 bits per heavy atom. The fourth-order valence-corrected chi connectivity index (χ4v) is 2.00. The molecule has 1 aromatic carbocycles. The highest BCUT2D eigenvalue weighted by molar-refractivity contribution is 5.88. The van der Waals surface area contributed by atoms with Crippen molar-refractivity contribution in [3.8, 4) is 0 Å². The summed E-state index contributed by atoms with van der Waals surface area (Å²) in [5, 5.41) is 38.1. The third-order valence-electron chi connectivity index (χ3n) is 2.81. The van der Waals surface area contributed by atoms with Gasteiger partial charge in [-0.2, -0.15) is 0 Å². The summed E-state index contributed by atoms with van der Waals surface area (Å²) in [7, 11) is 0. The van der Waals surface area contributed by atoms with Crippen molar-refractivity contribution < 1.29 is 25.2 Å². The average Bonchev–Trinajstić information content (AvgIpc) is 2.26. The summed E-state index contributed by atoms with van der Waals surface area (Å²) in [5.41, 5.74) is 0.998. The van der Waals surface area contributed by atoms with Crippen molar-refractivity contribution in [1.29, 1.82) is 0 Å². The molecule has 0 saturated heterocycles. The molecule has 0 spiro atoms. The van der Waals surface area contributed by atoms with Gasteiger partial charge in [-0.15, -0.1) is 0 Å². The Morgan fingerprint density at radius 2 is 1.33 bits per heavy atom. The third kappa shape index (κ3) is 2.87. The minimum absolute atomic E-state index is 0.0220. The van der Waals surface area contributed by atoms with Gasteiger partial charge in [0.15, 0.2) is 0 Å². The van der Waals surface area contributed by atoms with Crippen LogP contribution in [-0.2, 0) is 0 Å². The van der Waals surface area contributed by atoms with E-state index in [9.17, 15) is 20.1 Å². The van der Waals surface area contributed by atoms with Crippen LogP contribution in [-0.4, -0.2) is 26.4 Å². The van der Waals surface area contributed by atoms with Gasteiger partial charge in [-0.3, -0.25) is 0 Å². The van der Waals surface area contributed by atoms with E-state index in [1.165, 1.54) is 32.9 Å². The van der Waals surface area contributed by atoms with E-state index in [1.54, 1.807) is 0 Å². The molecule has 0 aromatic heterocycles. The molecule has 100 valence electrons. The molecule has 5 nitrogen and oxygen atoms in total. The van der Waals surface area contributed by atoms with Crippen LogP contribution < -0.4 is 0 Å². The number of carboxylic acids is 1. The van der Waals surface area contributed by atoms with Gasteiger partial charge in [0, 0.05) is 0 Å². The maximum Gasteiger partial charge on any atom is 0.335 e. The summed E-state index contributed by atoms with van der Waals surface area (Å²) in [6.45, 7) is 4.48. The fourth-order valence-electron chi connectivity index (χ4n) is 2.00. The lowest BCUT2D eigenvalue weighted by molar-refractivity contribution is 0.0695. The largest absolute Gasteiger partial charge is 0.478 e. The quantitative estimate of drug-likeness (QED) is 0.653. The predicted octanol–water partition coefficient (Wildman–Crippen LogP) is 1.54. The molecular formula is C13H18O5. The molecule has 4 N–H and O–H groups in total. The van der Waals surface area contributed by atoms with Crippen LogP contribution in [0.25, 0.3) is 0 Å². The highest BCUT2D eigenvalue weighted by Gasteiger charge is 2.22. The van der Waals surface area contributed by atoms with Gasteiger partial charge in [-0.05, 0) is 49.6 Å². The SMILES string of the molecule is CC(O)c1cc(C(=O)O)cc(C(C)O)c1C(C)O. The molecule has 1 aromatic rings. The molecule has 0 amide bonds. The second-order valence-electron chi connectivity index (χ2n) is 4.40. The van der Waals surface area contributed by atoms with Gasteiger partial charge >= 0.3 is 5.97 Å². The molecule has 3 unspecified atom stereocenters. The number of benzene rings is 1. The maximum absolute atomic E-state index is 11.0. The lowest BCUT2D eigenvalue weighted by atomic mass is 9.89. The Balaban J connectivity index is 3.60. The van der Waals surface area contributed by atoms with E-state index in [1.807, 2.05) is 0 Å². The minimum Gasteiger partial charge on any atom is -0.478 e. The molecule has 0 heterocycles. The lowest BCUT2D eigenvalue weighted by Crippen LogP contribution is -2.11. The van der Waals surface area contributed by atoms with E-state index in [4.69, 9.17) is 5.11 Å². The van der Waals surface area contributed by atoms with E-state index in [2.05, 4.69) is 0 Å². The second-order valence-corrected chi connectivity index (χ2v) is 4.40. The Bertz CT molecular complexity index is 420. The summed E-state index contributed by atoms with van der Waals surface area (Å²) in [4.78, 5) is 11.0. The van der Waals surface area contributed by atoms with E-state index in [0.717, 1.165) is 0 Å². The number of carboxylic acid groups (broad SMARTS) is 1. The minimum atomic E-state index is -1.14. The monoisotopic (exact) mass is 254 g/mol. The molecule has 5 heteroatoms. The number of hydrogen-bond donors (Lipinski definition) is 4. The van der Waals surface area contributed by atoms with Crippen molar-refractivity contribution >= 4 is 5.97 Å². The Labute approximate surface area is 105 Å². The highest BCUT2D eigenvalue weighted by Crippen LogP contribution is 2.32. The van der Waals surface area contributed by atoms with Crippen LogP contribution >= 0.6 is 0 Å². The number of aliphatic hydroxyl groups is 3. The Kier molecular flexibility index (Phi) is 4.45. The normalized spacial score (nSPS) is 16.1. The van der Waals surface area contributed by atoms with Crippen LogP contribution in [0.5, 0.6) is 0 Å². The molecule has 0 saturated carbocycles. The van der Waals surface area contributed by atoms with E-state index in [-0.39, 0.29) is 5.56 Å². The van der Waals surface area contributed by atoms with Crippen LogP contribution in [0.4, 0.5) is 0 Å². The zero-order valence-corrected chi connectivity index (χ0v) is 10.6. The van der Waals surface area contributed by atoms with Gasteiger partial charge in [0.2, 0.25) is 0 Å². The van der Waals surface area contributed by atoms with Crippen LogP contribution in [0.2, 0.25) is 0 Å². The molecule has 3 atom stereocenters. The van der Waals surface area contributed by atoms with Gasteiger partial charge < -0.3 is 20.4 Å². The standard InChI is InChI=1S/C13H18O5/c1-6(14)10-4-9(13(17)18)5-11(7(2)15)12(10)8(3)16/h4-8,14-16H,1-3H3,(H,17,18). The van der Waals surface area contributed by atoms with E-state index < -0.39 is 24.3 Å². The van der Waals surface area contributed by atoms with Gasteiger partial charge in [-0.1, -0.05) is 0 Å². The van der Waals surface area contributed by atoms with Gasteiger partial charge in [-0.25, -0.2) is 4.79 Å². The molecule has 0 radical (unpaired) electrons. The summed E-state index contributed by atoms with van der Waals surface area (Å²) < 4.78 is 0. The molecule has 0 fully saturated rings. The van der Waals surface area contributed by atoms with Crippen molar-refractivity contribution in [2.45, 2.75) is 39.1 Å². The van der Waals surface area contributed by atoms with Gasteiger partial charge in [0.05, 0.1) is 23.9 Å². The summed E-state index contributed by atoms with van der Waals surface area (Å²) in [5.74, 6) is -1.14. The van der Waals surface area contributed by atoms with Crippen LogP contribution in [0, 0.1) is 0 Å². The van der Waals surface area contributed by atoms with Crippen LogP contribution in [0.1, 0.15) is 66.1 Å². The topological polar surface area (TPSA) is 98.0 Å². The zero-order chi connectivity index (χ0) is 14.0. The van der Waals surface area contributed by atoms with Gasteiger partial charge in [0.1, 0.15) is 0 Å². The Hall–Kier alpha value is -1.43. The van der Waals surface area contributed by atoms with Crippen LogP contribution in [0.3, 0.4) is 0 Å². The highest BCUT2D eigenvalue weighted by atomic mass is 16.4. The summed E-state index contributed by atoms with van der Waals surface area (Å²) >= 11 is 0. The number of aliphatic hydroxyl groups excluding tert-OH is 3. The molecule has 18 heavy (non-hydrogen) atoms. The number of aromatic carboxylic acids is 1. The average molecular weight is 254 g/mol. The first kappa shape index (κ1) is 14.6. The molecule has 0 aliphatic carbocycles. The smallest absolute Gasteiger partial charge is 0.335 e. The lowest BCUT2D eigenvalue weighted by Gasteiger charge is -2.21. The van der Waals surface area contributed by atoms with Crippen molar-refractivity contribution in [2.24, 2.45) is 0 Å². The summed E-state index contributed by atoms with van der Waals surface area (Å²) in [6, 6.07) is 2.64. The van der Waals surface area contributed by atoms with Crippen LogP contribution in [0.15, 0.2) is 12.1 Å². The molecule has 0 bridgehead atoms. The van der Waals surface area contributed by atoms with E-state index >= 15 is 0 Å². The number of carbonyl (C=O) groups is 1. The molecule has 0 aliphatic rings. The van der Waals surface area contributed by atoms with Gasteiger partial charge in [0.25, 0.3) is 0 Å². The first-order valence-electron chi connectivity index (χ1n) is 5.71. The number of rotatable bonds is 4. The maximum atomic E-state index is 11.0. The predicted molar refractivity (Wildman–Crippen MR) is 65.3 cm³/mol. The third-order valence-corrected chi connectivity index (χ3v) is 2.81. The fraction of sp³-hybridized carbons (Fsp3) is 0.462. The first-order valence-corrected chi connectivity index (χ1v) is 5.71. The molecular weight excluding hydrogens is 236 g/mol. The van der Waals surface area contributed by atoms with Crippen molar-refractivity contribution in [1.82, 2.24) is 0 Å². The van der Waals surface area contributed by atoms with Crippen molar-refractivity contribution in [2.75, 3.05) is 0 Å². The van der Waals surface area contributed by atoms with Crippen molar-refractivity contribution in [3.63, 3.8) is 0 Å². The first-order chi connectivity index (χ1) is 8.25.